The number of hydrazine groups is 1. The van der Waals surface area contributed by atoms with Crippen molar-refractivity contribution in [2.45, 2.75) is 38.5 Å². The van der Waals surface area contributed by atoms with E-state index in [4.69, 9.17) is 0 Å². The quantitative estimate of drug-likeness (QED) is 0.364. The summed E-state index contributed by atoms with van der Waals surface area (Å²) in [5, 5.41) is 0. The normalized spacial score (nSPS) is 18.5. The molecule has 2 unspecified atom stereocenters. The second-order valence-corrected chi connectivity index (χ2v) is 9.70. The van der Waals surface area contributed by atoms with Gasteiger partial charge in [0, 0.05) is 5.69 Å². The van der Waals surface area contributed by atoms with Gasteiger partial charge in [0.15, 0.2) is 0 Å². The molecule has 0 saturated carbocycles. The fourth-order valence-electron chi connectivity index (χ4n) is 4.49. The summed E-state index contributed by atoms with van der Waals surface area (Å²) in [6.45, 7) is 6.76. The third-order valence-corrected chi connectivity index (χ3v) is 6.39. The first kappa shape index (κ1) is 21.4. The van der Waals surface area contributed by atoms with Crippen molar-refractivity contribution in [3.05, 3.63) is 126 Å². The van der Waals surface area contributed by atoms with Crippen LogP contribution in [0.2, 0.25) is 0 Å². The molecule has 1 aliphatic rings. The van der Waals surface area contributed by atoms with Crippen molar-refractivity contribution in [3.63, 3.8) is 0 Å². The number of benzene rings is 4. The van der Waals surface area contributed by atoms with Gasteiger partial charge in [0.05, 0.1) is 0 Å². The molecule has 166 valence electrons. The Labute approximate surface area is 197 Å². The van der Waals surface area contributed by atoms with Gasteiger partial charge in [-0.3, -0.25) is 0 Å². The van der Waals surface area contributed by atoms with Gasteiger partial charge in [-0.2, -0.15) is 0 Å². The van der Waals surface area contributed by atoms with E-state index in [0.717, 1.165) is 0 Å². The zero-order chi connectivity index (χ0) is 22.8. The molecule has 2 N–H and O–H groups in total. The highest BCUT2D eigenvalue weighted by molar-refractivity contribution is 5.64. The Hall–Kier alpha value is -3.40. The molecule has 0 aliphatic carbocycles. The van der Waals surface area contributed by atoms with Crippen LogP contribution in [0.15, 0.2) is 109 Å². The molecule has 0 spiro atoms. The van der Waals surface area contributed by atoms with Crippen molar-refractivity contribution in [3.8, 4) is 11.1 Å². The number of nitrogens with one attached hydrogen (secondary N) is 2. The first-order chi connectivity index (χ1) is 16.0. The minimum Gasteiger partial charge on any atom is -0.330 e. The Morgan fingerprint density at radius 1 is 0.545 bits per heavy atom. The van der Waals surface area contributed by atoms with Crippen LogP contribution in [0.5, 0.6) is 0 Å². The van der Waals surface area contributed by atoms with Gasteiger partial charge in [-0.1, -0.05) is 118 Å². The number of rotatable bonds is 4. The minimum absolute atomic E-state index is 0.0181. The zero-order valence-electron chi connectivity index (χ0n) is 19.5. The number of nitrogens with zero attached hydrogens (tertiary/aromatic N) is 1. The highest BCUT2D eigenvalue weighted by Crippen LogP contribution is 2.37. The van der Waals surface area contributed by atoms with Crippen LogP contribution in [0.1, 0.15) is 49.8 Å². The summed E-state index contributed by atoms with van der Waals surface area (Å²) < 4.78 is 0. The van der Waals surface area contributed by atoms with Crippen LogP contribution in [-0.2, 0) is 5.41 Å². The second-order valence-electron chi connectivity index (χ2n) is 9.70. The van der Waals surface area contributed by atoms with E-state index in [1.807, 2.05) is 0 Å². The van der Waals surface area contributed by atoms with Crippen LogP contribution < -0.4 is 15.8 Å². The highest BCUT2D eigenvalue weighted by atomic mass is 15.6. The lowest BCUT2D eigenvalue weighted by molar-refractivity contribution is 0.554. The number of anilines is 1. The van der Waals surface area contributed by atoms with Crippen LogP contribution >= 0.6 is 0 Å². The lowest BCUT2D eigenvalue weighted by atomic mass is 9.86. The Balaban J connectivity index is 1.48. The fraction of sp³-hybridized carbons (Fsp3) is 0.200. The molecule has 3 heteroatoms. The summed E-state index contributed by atoms with van der Waals surface area (Å²) >= 11 is 0. The van der Waals surface area contributed by atoms with E-state index < -0.39 is 0 Å². The van der Waals surface area contributed by atoms with E-state index in [9.17, 15) is 0 Å². The molecule has 4 aromatic carbocycles. The average Bonchev–Trinajstić information content (AvgIpc) is 3.30. The molecular formula is C30H31N3. The summed E-state index contributed by atoms with van der Waals surface area (Å²) in [7, 11) is 0. The number of hydrogen-bond acceptors (Lipinski definition) is 3. The van der Waals surface area contributed by atoms with Crippen LogP contribution in [0.3, 0.4) is 0 Å². The van der Waals surface area contributed by atoms with Gasteiger partial charge in [-0.25, -0.2) is 10.9 Å². The maximum absolute atomic E-state index is 3.55. The van der Waals surface area contributed by atoms with Crippen LogP contribution in [0.4, 0.5) is 5.69 Å². The van der Waals surface area contributed by atoms with Crippen LogP contribution in [0, 0.1) is 0 Å². The third-order valence-electron chi connectivity index (χ3n) is 6.39. The zero-order valence-corrected chi connectivity index (χ0v) is 19.5. The topological polar surface area (TPSA) is 27.3 Å². The molecule has 1 aliphatic heterocycles. The predicted octanol–water partition coefficient (Wildman–Crippen LogP) is 6.96. The van der Waals surface area contributed by atoms with E-state index in [1.165, 1.54) is 33.5 Å². The molecule has 33 heavy (non-hydrogen) atoms. The Morgan fingerprint density at radius 3 is 1.52 bits per heavy atom. The molecule has 1 heterocycles. The lowest BCUT2D eigenvalue weighted by Crippen LogP contribution is -2.29. The maximum Gasteiger partial charge on any atom is 0.120 e. The van der Waals surface area contributed by atoms with Gasteiger partial charge in [-0.15, -0.1) is 0 Å². The van der Waals surface area contributed by atoms with E-state index in [-0.39, 0.29) is 17.7 Å². The van der Waals surface area contributed by atoms with Crippen molar-refractivity contribution in [2.75, 3.05) is 4.90 Å². The molecule has 5 rings (SSSR count). The lowest BCUT2D eigenvalue weighted by Gasteiger charge is -2.31. The average molecular weight is 434 g/mol. The van der Waals surface area contributed by atoms with E-state index in [1.54, 1.807) is 0 Å². The van der Waals surface area contributed by atoms with Crippen LogP contribution in [-0.4, -0.2) is 0 Å². The largest absolute Gasteiger partial charge is 0.330 e. The van der Waals surface area contributed by atoms with Crippen molar-refractivity contribution >= 4 is 5.69 Å². The SMILES string of the molecule is CC(C)(C)c1ccc(C2NNC(c3ccc(-c4ccccc4)cc3)N2c2ccccc2)cc1. The van der Waals surface area contributed by atoms with Gasteiger partial charge in [0.1, 0.15) is 12.3 Å². The number of hydrogen-bond donors (Lipinski definition) is 2. The van der Waals surface area contributed by atoms with E-state index >= 15 is 0 Å². The van der Waals surface area contributed by atoms with Crippen molar-refractivity contribution < 1.29 is 0 Å². The highest BCUT2D eigenvalue weighted by Gasteiger charge is 2.35. The molecule has 0 aromatic heterocycles. The summed E-state index contributed by atoms with van der Waals surface area (Å²) in [6, 6.07) is 39.0. The fourth-order valence-corrected chi connectivity index (χ4v) is 4.49. The first-order valence-electron chi connectivity index (χ1n) is 11.6. The van der Waals surface area contributed by atoms with Crippen molar-refractivity contribution in [1.29, 1.82) is 0 Å². The summed E-state index contributed by atoms with van der Waals surface area (Å²) in [6.07, 6.45) is 0.0461. The van der Waals surface area contributed by atoms with Crippen LogP contribution in [0.25, 0.3) is 11.1 Å². The van der Waals surface area contributed by atoms with Gasteiger partial charge in [0.25, 0.3) is 0 Å². The second kappa shape index (κ2) is 8.86. The van der Waals surface area contributed by atoms with E-state index in [0.29, 0.717) is 0 Å². The smallest absolute Gasteiger partial charge is 0.120 e. The first-order valence-corrected chi connectivity index (χ1v) is 11.6. The summed E-state index contributed by atoms with van der Waals surface area (Å²) in [5.74, 6) is 0. The predicted molar refractivity (Wildman–Crippen MR) is 138 cm³/mol. The molecule has 1 saturated heterocycles. The van der Waals surface area contributed by atoms with Crippen molar-refractivity contribution in [2.24, 2.45) is 0 Å². The number of para-hydroxylation sites is 1. The Bertz CT molecular complexity index is 1180. The Kier molecular flexibility index (Phi) is 5.76. The molecule has 0 radical (unpaired) electrons. The third kappa shape index (κ3) is 4.43. The van der Waals surface area contributed by atoms with E-state index in [2.05, 4.69) is 146 Å². The van der Waals surface area contributed by atoms with Gasteiger partial charge >= 0.3 is 0 Å². The molecule has 0 amide bonds. The maximum atomic E-state index is 3.55. The van der Waals surface area contributed by atoms with Gasteiger partial charge in [0.2, 0.25) is 0 Å². The van der Waals surface area contributed by atoms with Crippen molar-refractivity contribution in [1.82, 2.24) is 10.9 Å². The molecule has 3 nitrogen and oxygen atoms in total. The standard InChI is InChI=1S/C30H31N3/c1-30(2,3)26-20-18-25(19-21-26)29-32-31-28(33(29)27-12-8-5-9-13-27)24-16-14-23(15-17-24)22-10-6-4-7-11-22/h4-21,28-29,31-32H,1-3H3. The van der Waals surface area contributed by atoms with Gasteiger partial charge < -0.3 is 4.90 Å². The summed E-state index contributed by atoms with van der Waals surface area (Å²) in [4.78, 5) is 2.42. The Morgan fingerprint density at radius 2 is 1.00 bits per heavy atom. The minimum atomic E-state index is 0.0181. The summed E-state index contributed by atoms with van der Waals surface area (Å²) in [5.41, 5.74) is 14.7. The van der Waals surface area contributed by atoms with Gasteiger partial charge in [-0.05, 0) is 45.4 Å². The monoisotopic (exact) mass is 433 g/mol. The molecule has 4 aromatic rings. The molecule has 0 bridgehead atoms. The molecule has 2 atom stereocenters. The molecule has 1 fully saturated rings. The molecular weight excluding hydrogens is 402 g/mol.